The average molecular weight is 433 g/mol. The number of dihydropyridines is 1. The van der Waals surface area contributed by atoms with E-state index in [1.807, 2.05) is 0 Å². The minimum Gasteiger partial charge on any atom is -0.497 e. The molecule has 0 radical (unpaired) electrons. The van der Waals surface area contributed by atoms with Gasteiger partial charge in [0.2, 0.25) is 0 Å². The Labute approximate surface area is 195 Å². The van der Waals surface area contributed by atoms with E-state index >= 15 is 0 Å². The molecule has 0 saturated carbocycles. The van der Waals surface area contributed by atoms with Crippen LogP contribution in [0.5, 0.6) is 0 Å². The molecule has 1 N–H and O–H groups in total. The van der Waals surface area contributed by atoms with E-state index in [-0.39, 0.29) is 5.54 Å². The molecule has 0 amide bonds. The molecule has 32 heavy (non-hydrogen) atoms. The van der Waals surface area contributed by atoms with E-state index in [1.165, 1.54) is 22.3 Å². The Morgan fingerprint density at radius 2 is 1.59 bits per heavy atom. The van der Waals surface area contributed by atoms with Crippen LogP contribution in [0.3, 0.4) is 0 Å². The second-order valence-corrected chi connectivity index (χ2v) is 9.52. The van der Waals surface area contributed by atoms with Gasteiger partial charge in [-0.2, -0.15) is 0 Å². The quantitative estimate of drug-likeness (QED) is 0.498. The van der Waals surface area contributed by atoms with Gasteiger partial charge in [0.25, 0.3) is 0 Å². The second-order valence-electron chi connectivity index (χ2n) is 9.52. The van der Waals surface area contributed by atoms with Crippen LogP contribution in [-0.2, 0) is 17.6 Å². The average Bonchev–Trinajstić information content (AvgIpc) is 2.78. The highest BCUT2D eigenvalue weighted by Gasteiger charge is 2.33. The molecule has 0 spiro atoms. The van der Waals surface area contributed by atoms with Gasteiger partial charge in [-0.1, -0.05) is 76.2 Å². The normalized spacial score (nSPS) is 19.4. The molecule has 2 aromatic carbocycles. The molecule has 1 heterocycles. The minimum atomic E-state index is -0.252. The number of aryl methyl sites for hydroxylation is 2. The summed E-state index contributed by atoms with van der Waals surface area (Å²) < 4.78 is 5.79. The molecule has 2 aromatic rings. The maximum atomic E-state index is 5.79. The van der Waals surface area contributed by atoms with Crippen LogP contribution in [0.15, 0.2) is 66.4 Å². The largest absolute Gasteiger partial charge is 0.497 e. The van der Waals surface area contributed by atoms with Gasteiger partial charge in [-0.3, -0.25) is 4.90 Å². The first-order chi connectivity index (χ1) is 15.3. The Hall–Kier alpha value is -2.52. The highest BCUT2D eigenvalue weighted by atomic mass is 16.5. The molecular weight excluding hydrogens is 392 g/mol. The molecule has 3 rings (SSSR count). The number of methoxy groups -OCH3 is 1. The minimum absolute atomic E-state index is 0.252. The highest BCUT2D eigenvalue weighted by molar-refractivity contribution is 5.73. The van der Waals surface area contributed by atoms with Crippen LogP contribution in [0.1, 0.15) is 62.9 Å². The van der Waals surface area contributed by atoms with Crippen LogP contribution in [0.2, 0.25) is 0 Å². The van der Waals surface area contributed by atoms with Crippen LogP contribution in [0.4, 0.5) is 0 Å². The molecule has 1 aliphatic heterocycles. The maximum absolute atomic E-state index is 5.79. The molecular formula is C29H40N2O. The zero-order valence-corrected chi connectivity index (χ0v) is 20.9. The summed E-state index contributed by atoms with van der Waals surface area (Å²) in [5.41, 5.74) is 6.35. The first-order valence-electron chi connectivity index (χ1n) is 11.9. The van der Waals surface area contributed by atoms with E-state index in [1.54, 1.807) is 7.11 Å². The van der Waals surface area contributed by atoms with E-state index in [4.69, 9.17) is 4.74 Å². The van der Waals surface area contributed by atoms with Crippen molar-refractivity contribution in [3.8, 4) is 0 Å². The standard InChI is InChI=1S/C29H40N2O/c1-8-22-16-13-17-23(9-2)27(22)26-18-25(32-7)19-29(5,30-26)20-31(6)28(21(3)4)24-14-11-10-12-15-24/h10-19,21,28,30H,8-9,20H2,1-7H3. The second kappa shape index (κ2) is 10.4. The lowest BCUT2D eigenvalue weighted by molar-refractivity contribution is 0.161. The van der Waals surface area contributed by atoms with Gasteiger partial charge in [0, 0.05) is 29.9 Å². The van der Waals surface area contributed by atoms with Crippen molar-refractivity contribution in [2.75, 3.05) is 20.7 Å². The zero-order chi connectivity index (χ0) is 23.3. The monoisotopic (exact) mass is 432 g/mol. The van der Waals surface area contributed by atoms with Crippen LogP contribution in [0, 0.1) is 5.92 Å². The van der Waals surface area contributed by atoms with Crippen molar-refractivity contribution in [1.29, 1.82) is 0 Å². The van der Waals surface area contributed by atoms with Crippen molar-refractivity contribution < 1.29 is 4.74 Å². The fraction of sp³-hybridized carbons (Fsp3) is 0.448. The third kappa shape index (κ3) is 5.27. The predicted octanol–water partition coefficient (Wildman–Crippen LogP) is 6.37. The Morgan fingerprint density at radius 1 is 0.969 bits per heavy atom. The molecule has 0 aliphatic carbocycles. The maximum Gasteiger partial charge on any atom is 0.119 e. The number of ether oxygens (including phenoxy) is 1. The van der Waals surface area contributed by atoms with Gasteiger partial charge in [0.15, 0.2) is 0 Å². The Morgan fingerprint density at radius 3 is 2.12 bits per heavy atom. The predicted molar refractivity (Wildman–Crippen MR) is 136 cm³/mol. The van der Waals surface area contributed by atoms with Gasteiger partial charge in [0.1, 0.15) is 5.76 Å². The van der Waals surface area contributed by atoms with Crippen molar-refractivity contribution in [3.63, 3.8) is 0 Å². The van der Waals surface area contributed by atoms with Crippen LogP contribution in [0.25, 0.3) is 5.70 Å². The van der Waals surface area contributed by atoms with E-state index in [2.05, 4.69) is 113 Å². The summed E-state index contributed by atoms with van der Waals surface area (Å²) in [6, 6.07) is 17.9. The summed E-state index contributed by atoms with van der Waals surface area (Å²) in [5, 5.41) is 3.90. The molecule has 2 atom stereocenters. The molecule has 0 saturated heterocycles. The third-order valence-corrected chi connectivity index (χ3v) is 6.50. The van der Waals surface area contributed by atoms with E-state index in [0.717, 1.165) is 30.8 Å². The summed E-state index contributed by atoms with van der Waals surface area (Å²) in [7, 11) is 4.00. The Bertz CT molecular complexity index is 938. The lowest BCUT2D eigenvalue weighted by Crippen LogP contribution is -2.51. The number of nitrogens with zero attached hydrogens (tertiary/aromatic N) is 1. The lowest BCUT2D eigenvalue weighted by atomic mass is 9.88. The molecule has 0 fully saturated rings. The van der Waals surface area contributed by atoms with E-state index in [9.17, 15) is 0 Å². The Balaban J connectivity index is 1.95. The van der Waals surface area contributed by atoms with Gasteiger partial charge in [0.05, 0.1) is 12.6 Å². The van der Waals surface area contributed by atoms with Gasteiger partial charge in [-0.25, -0.2) is 0 Å². The van der Waals surface area contributed by atoms with Crippen molar-refractivity contribution in [1.82, 2.24) is 10.2 Å². The first kappa shape index (κ1) is 24.1. The van der Waals surface area contributed by atoms with Gasteiger partial charge in [-0.15, -0.1) is 0 Å². The summed E-state index contributed by atoms with van der Waals surface area (Å²) in [5.74, 6) is 1.42. The van der Waals surface area contributed by atoms with Crippen molar-refractivity contribution in [3.05, 3.63) is 88.7 Å². The zero-order valence-electron chi connectivity index (χ0n) is 20.9. The molecule has 3 nitrogen and oxygen atoms in total. The highest BCUT2D eigenvalue weighted by Crippen LogP contribution is 2.33. The smallest absolute Gasteiger partial charge is 0.119 e. The van der Waals surface area contributed by atoms with Crippen LogP contribution < -0.4 is 5.32 Å². The van der Waals surface area contributed by atoms with Crippen molar-refractivity contribution in [2.45, 2.75) is 59.0 Å². The SMILES string of the molecule is CCc1cccc(CC)c1C1=CC(OC)=CC(C)(CN(C)C(c2ccccc2)C(C)C)N1. The van der Waals surface area contributed by atoms with Gasteiger partial charge >= 0.3 is 0 Å². The molecule has 1 aliphatic rings. The Kier molecular flexibility index (Phi) is 7.84. The molecule has 0 aromatic heterocycles. The summed E-state index contributed by atoms with van der Waals surface area (Å²) in [4.78, 5) is 2.48. The fourth-order valence-electron chi connectivity index (χ4n) is 5.22. The van der Waals surface area contributed by atoms with Gasteiger partial charge in [-0.05, 0) is 55.5 Å². The molecule has 0 bridgehead atoms. The molecule has 2 unspecified atom stereocenters. The molecule has 172 valence electrons. The third-order valence-electron chi connectivity index (χ3n) is 6.50. The van der Waals surface area contributed by atoms with Crippen molar-refractivity contribution >= 4 is 5.70 Å². The summed E-state index contributed by atoms with van der Waals surface area (Å²) in [6.07, 6.45) is 6.41. The molecule has 3 heteroatoms. The van der Waals surface area contributed by atoms with Crippen molar-refractivity contribution in [2.24, 2.45) is 5.92 Å². The summed E-state index contributed by atoms with van der Waals surface area (Å²) >= 11 is 0. The number of nitrogens with one attached hydrogen (secondary N) is 1. The number of rotatable bonds is 9. The van der Waals surface area contributed by atoms with E-state index < -0.39 is 0 Å². The number of benzene rings is 2. The van der Waals surface area contributed by atoms with E-state index in [0.29, 0.717) is 12.0 Å². The fourth-order valence-corrected chi connectivity index (χ4v) is 5.22. The van der Waals surface area contributed by atoms with Crippen LogP contribution in [-0.4, -0.2) is 31.1 Å². The van der Waals surface area contributed by atoms with Crippen LogP contribution >= 0.6 is 0 Å². The number of hydrogen-bond donors (Lipinski definition) is 1. The number of allylic oxidation sites excluding steroid dienone is 1. The number of hydrogen-bond acceptors (Lipinski definition) is 3. The topological polar surface area (TPSA) is 24.5 Å². The lowest BCUT2D eigenvalue weighted by Gasteiger charge is -2.41. The number of likely N-dealkylation sites (N-methyl/N-ethyl adjacent to an activating group) is 1. The first-order valence-corrected chi connectivity index (χ1v) is 11.9. The van der Waals surface area contributed by atoms with Gasteiger partial charge < -0.3 is 10.1 Å². The summed E-state index contributed by atoms with van der Waals surface area (Å²) in [6.45, 7) is 12.2.